The quantitative estimate of drug-likeness (QED) is 0.607. The van der Waals surface area contributed by atoms with E-state index in [4.69, 9.17) is 5.73 Å². The molecule has 1 atom stereocenters. The minimum Gasteiger partial charge on any atom is -0.399 e. The number of nitrogen functional groups attached to an aromatic ring is 1. The predicted octanol–water partition coefficient (Wildman–Crippen LogP) is 4.21. The second-order valence-electron chi connectivity index (χ2n) is 9.96. The number of anilines is 2. The van der Waals surface area contributed by atoms with Crippen molar-refractivity contribution in [1.82, 2.24) is 4.90 Å². The van der Waals surface area contributed by atoms with Crippen LogP contribution in [0.5, 0.6) is 0 Å². The van der Waals surface area contributed by atoms with E-state index in [0.29, 0.717) is 6.04 Å². The van der Waals surface area contributed by atoms with Gasteiger partial charge in [0.2, 0.25) is 0 Å². The van der Waals surface area contributed by atoms with Crippen molar-refractivity contribution < 1.29 is 0 Å². The van der Waals surface area contributed by atoms with Gasteiger partial charge < -0.3 is 15.5 Å². The molecule has 1 fully saturated rings. The summed E-state index contributed by atoms with van der Waals surface area (Å²) in [5.74, 6) is 0. The van der Waals surface area contributed by atoms with E-state index in [-0.39, 0.29) is 0 Å². The van der Waals surface area contributed by atoms with E-state index in [1.807, 2.05) is 0 Å². The van der Waals surface area contributed by atoms with Gasteiger partial charge in [-0.2, -0.15) is 0 Å². The van der Waals surface area contributed by atoms with Gasteiger partial charge in [-0.25, -0.2) is 0 Å². The van der Waals surface area contributed by atoms with Gasteiger partial charge in [0.25, 0.3) is 0 Å². The van der Waals surface area contributed by atoms with Crippen LogP contribution in [0, 0.1) is 6.92 Å². The van der Waals surface area contributed by atoms with Crippen molar-refractivity contribution in [2.24, 2.45) is 0 Å². The van der Waals surface area contributed by atoms with Gasteiger partial charge in [-0.05, 0) is 49.4 Å². The van der Waals surface area contributed by atoms with Gasteiger partial charge in [-0.3, -0.25) is 0 Å². The number of benzene rings is 1. The van der Waals surface area contributed by atoms with Gasteiger partial charge in [0.15, 0.2) is 0 Å². The highest BCUT2D eigenvalue weighted by atomic mass is 28.3. The van der Waals surface area contributed by atoms with Crippen molar-refractivity contribution in [3.8, 4) is 0 Å². The third-order valence-electron chi connectivity index (χ3n) is 4.65. The Kier molecular flexibility index (Phi) is 5.88. The van der Waals surface area contributed by atoms with Crippen molar-refractivity contribution in [3.63, 3.8) is 0 Å². The molecular formula is C19H37N3Si2. The van der Waals surface area contributed by atoms with E-state index in [9.17, 15) is 0 Å². The van der Waals surface area contributed by atoms with E-state index in [1.54, 1.807) is 0 Å². The minimum atomic E-state index is -1.09. The lowest BCUT2D eigenvalue weighted by atomic mass is 10.2. The molecule has 1 aliphatic heterocycles. The second-order valence-corrected chi connectivity index (χ2v) is 20.8. The number of rotatable bonds is 6. The summed E-state index contributed by atoms with van der Waals surface area (Å²) in [6.07, 6.45) is 3.95. The molecule has 24 heavy (non-hydrogen) atoms. The minimum absolute atomic E-state index is 0.710. The molecule has 136 valence electrons. The Balaban J connectivity index is 2.10. The fraction of sp³-hybridized carbons (Fsp3) is 0.684. The summed E-state index contributed by atoms with van der Waals surface area (Å²) in [6.45, 7) is 19.4. The molecule has 0 aliphatic carbocycles. The summed E-state index contributed by atoms with van der Waals surface area (Å²) < 4.78 is 0. The van der Waals surface area contributed by atoms with E-state index in [0.717, 1.165) is 12.2 Å². The zero-order chi connectivity index (χ0) is 18.1. The lowest BCUT2D eigenvalue weighted by molar-refractivity contribution is 0.274. The Morgan fingerprint density at radius 3 is 2.17 bits per heavy atom. The molecule has 0 saturated carbocycles. The Labute approximate surface area is 151 Å². The molecule has 0 radical (unpaired) electrons. The van der Waals surface area contributed by atoms with Gasteiger partial charge >= 0.3 is 0 Å². The van der Waals surface area contributed by atoms with Gasteiger partial charge in [-0.1, -0.05) is 39.3 Å². The topological polar surface area (TPSA) is 32.5 Å². The third kappa shape index (κ3) is 5.64. The molecule has 0 aromatic heterocycles. The molecule has 0 spiro atoms. The fourth-order valence-electron chi connectivity index (χ4n) is 3.66. The Morgan fingerprint density at radius 2 is 1.67 bits per heavy atom. The van der Waals surface area contributed by atoms with Crippen LogP contribution in [0.3, 0.4) is 0 Å². The average molecular weight is 364 g/mol. The first-order valence-corrected chi connectivity index (χ1v) is 16.7. The highest BCUT2D eigenvalue weighted by molar-refractivity contribution is 6.77. The zero-order valence-corrected chi connectivity index (χ0v) is 18.8. The summed E-state index contributed by atoms with van der Waals surface area (Å²) >= 11 is 0. The standard InChI is InChI=1S/C19H37N3Si2/c1-16-12-17(8-9-19(16)20)21-11-10-18(13-21)22(14-23(2,3)4)15-24(5,6)7/h8-9,12,18H,10-11,13-15,20H2,1-7H3. The van der Waals surface area contributed by atoms with Crippen LogP contribution in [0.15, 0.2) is 18.2 Å². The van der Waals surface area contributed by atoms with Crippen LogP contribution in [0.4, 0.5) is 11.4 Å². The molecule has 3 nitrogen and oxygen atoms in total. The number of hydrogen-bond acceptors (Lipinski definition) is 3. The first-order valence-electron chi connectivity index (χ1n) is 9.30. The Bertz CT molecular complexity index is 545. The summed E-state index contributed by atoms with van der Waals surface area (Å²) in [7, 11) is -2.18. The SMILES string of the molecule is Cc1cc(N2CCC(N(C[Si](C)(C)C)C[Si](C)(C)C)C2)ccc1N. The molecular weight excluding hydrogens is 326 g/mol. The predicted molar refractivity (Wildman–Crippen MR) is 114 cm³/mol. The van der Waals surface area contributed by atoms with Crippen LogP contribution >= 0.6 is 0 Å². The molecule has 1 aromatic rings. The first kappa shape index (κ1) is 19.5. The average Bonchev–Trinajstić information content (AvgIpc) is 2.87. The summed E-state index contributed by atoms with van der Waals surface area (Å²) in [6, 6.07) is 7.20. The maximum absolute atomic E-state index is 5.98. The zero-order valence-electron chi connectivity index (χ0n) is 16.8. The molecule has 0 bridgehead atoms. The van der Waals surface area contributed by atoms with Crippen LogP contribution in [0.1, 0.15) is 12.0 Å². The van der Waals surface area contributed by atoms with Crippen LogP contribution in [0.25, 0.3) is 0 Å². The molecule has 1 heterocycles. The van der Waals surface area contributed by atoms with E-state index >= 15 is 0 Å². The number of nitrogens with two attached hydrogens (primary N) is 1. The maximum Gasteiger partial charge on any atom is 0.0599 e. The van der Waals surface area contributed by atoms with Gasteiger partial charge in [0, 0.05) is 30.5 Å². The molecule has 1 aromatic carbocycles. The second kappa shape index (κ2) is 7.22. The van der Waals surface area contributed by atoms with Crippen molar-refractivity contribution >= 4 is 27.5 Å². The largest absolute Gasteiger partial charge is 0.399 e. The van der Waals surface area contributed by atoms with Crippen molar-refractivity contribution in [3.05, 3.63) is 23.8 Å². The lowest BCUT2D eigenvalue weighted by Crippen LogP contribution is -2.52. The highest BCUT2D eigenvalue weighted by Gasteiger charge is 2.33. The molecule has 1 aliphatic rings. The van der Waals surface area contributed by atoms with E-state index in [2.05, 4.69) is 74.2 Å². The van der Waals surface area contributed by atoms with Crippen molar-refractivity contribution in [2.75, 3.05) is 36.1 Å². The molecule has 1 unspecified atom stereocenters. The van der Waals surface area contributed by atoms with E-state index in [1.165, 1.54) is 36.6 Å². The van der Waals surface area contributed by atoms with Gasteiger partial charge in [0.1, 0.15) is 0 Å². The van der Waals surface area contributed by atoms with Crippen LogP contribution in [-0.4, -0.2) is 52.5 Å². The lowest BCUT2D eigenvalue weighted by Gasteiger charge is -2.37. The monoisotopic (exact) mass is 363 g/mol. The number of aryl methyl sites for hydroxylation is 1. The van der Waals surface area contributed by atoms with Crippen molar-refractivity contribution in [1.29, 1.82) is 0 Å². The molecule has 2 N–H and O–H groups in total. The normalized spacial score (nSPS) is 19.3. The summed E-state index contributed by atoms with van der Waals surface area (Å²) in [5.41, 5.74) is 9.41. The molecule has 0 amide bonds. The number of hydrogen-bond donors (Lipinski definition) is 1. The van der Waals surface area contributed by atoms with E-state index < -0.39 is 16.1 Å². The van der Waals surface area contributed by atoms with Crippen LogP contribution in [-0.2, 0) is 0 Å². The first-order chi connectivity index (χ1) is 10.9. The molecule has 5 heteroatoms. The molecule has 1 saturated heterocycles. The summed E-state index contributed by atoms with van der Waals surface area (Å²) in [4.78, 5) is 5.40. The van der Waals surface area contributed by atoms with Crippen LogP contribution in [0.2, 0.25) is 39.3 Å². The maximum atomic E-state index is 5.98. The molecule has 2 rings (SSSR count). The van der Waals surface area contributed by atoms with Gasteiger partial charge in [0.05, 0.1) is 16.1 Å². The van der Waals surface area contributed by atoms with Crippen LogP contribution < -0.4 is 10.6 Å². The third-order valence-corrected chi connectivity index (χ3v) is 7.36. The Morgan fingerprint density at radius 1 is 1.08 bits per heavy atom. The Hall–Kier alpha value is -0.786. The van der Waals surface area contributed by atoms with Crippen molar-refractivity contribution in [2.45, 2.75) is 58.7 Å². The smallest absolute Gasteiger partial charge is 0.0599 e. The fourth-order valence-corrected chi connectivity index (χ4v) is 7.06. The van der Waals surface area contributed by atoms with Gasteiger partial charge in [-0.15, -0.1) is 0 Å². The number of nitrogens with zero attached hydrogens (tertiary/aromatic N) is 2. The highest BCUT2D eigenvalue weighted by Crippen LogP contribution is 2.27. The summed E-state index contributed by atoms with van der Waals surface area (Å²) in [5, 5.41) is 0.